The van der Waals surface area contributed by atoms with Crippen LogP contribution in [0.1, 0.15) is 49.5 Å². The second kappa shape index (κ2) is 10.4. The fraction of sp³-hybridized carbons (Fsp3) is 0.429. The summed E-state index contributed by atoms with van der Waals surface area (Å²) in [7, 11) is 0. The molecule has 0 radical (unpaired) electrons. The van der Waals surface area contributed by atoms with Crippen molar-refractivity contribution in [1.82, 2.24) is 29.8 Å². The highest BCUT2D eigenvalue weighted by Crippen LogP contribution is 2.20. The zero-order chi connectivity index (χ0) is 23.3. The number of carbonyl (C=O) groups excluding carboxylic acids is 1. The lowest BCUT2D eigenvalue weighted by Crippen LogP contribution is -2.37. The predicted octanol–water partition coefficient (Wildman–Crippen LogP) is 2.07. The fourth-order valence-corrected chi connectivity index (χ4v) is 3.98. The van der Waals surface area contributed by atoms with Crippen molar-refractivity contribution in [3.63, 3.8) is 0 Å². The first kappa shape index (κ1) is 23.5. The normalized spacial score (nSPS) is 11.2. The van der Waals surface area contributed by atoms with E-state index in [9.17, 15) is 14.4 Å². The Labute approximate surface area is 189 Å². The molecule has 3 rings (SSSR count). The summed E-state index contributed by atoms with van der Waals surface area (Å²) in [5, 5.41) is 12.1. The third-order valence-electron chi connectivity index (χ3n) is 4.84. The van der Waals surface area contributed by atoms with Gasteiger partial charge in [0.15, 0.2) is 5.78 Å². The molecule has 2 heterocycles. The number of tetrazole rings is 1. The number of nitrogens with one attached hydrogen (secondary N) is 1. The Bertz CT molecular complexity index is 1200. The van der Waals surface area contributed by atoms with E-state index >= 15 is 0 Å². The number of anilines is 1. The van der Waals surface area contributed by atoms with Crippen molar-refractivity contribution in [2.24, 2.45) is 5.92 Å². The number of carbonyl (C=O) groups is 1. The van der Waals surface area contributed by atoms with Gasteiger partial charge in [-0.2, -0.15) is 4.68 Å². The molecule has 0 aliphatic rings. The standard InChI is InChI=1S/C21H27N7O3S/c1-4-5-6-14-7-9-15(10-8-14)28-21(24-25-26-28)32-12-16(29)17-18(22)27(11-13(2)3)20(31)23-19(17)30/h7-10,13H,4-6,11-12,22H2,1-3H3,(H,23,30,31). The summed E-state index contributed by atoms with van der Waals surface area (Å²) in [6, 6.07) is 7.92. The molecule has 3 N–H and O–H groups in total. The minimum Gasteiger partial charge on any atom is -0.384 e. The van der Waals surface area contributed by atoms with E-state index < -0.39 is 17.0 Å². The summed E-state index contributed by atoms with van der Waals surface area (Å²) in [5.74, 6) is -0.630. The number of aryl methyl sites for hydroxylation is 1. The van der Waals surface area contributed by atoms with Crippen LogP contribution in [0, 0.1) is 5.92 Å². The molecule has 0 fully saturated rings. The van der Waals surface area contributed by atoms with Crippen LogP contribution in [0.5, 0.6) is 0 Å². The van der Waals surface area contributed by atoms with Crippen LogP contribution in [-0.2, 0) is 13.0 Å². The monoisotopic (exact) mass is 457 g/mol. The second-order valence-corrected chi connectivity index (χ2v) is 8.82. The third kappa shape index (κ3) is 5.34. The molecule has 0 unspecified atom stereocenters. The number of benzene rings is 1. The Morgan fingerprint density at radius 2 is 1.94 bits per heavy atom. The van der Waals surface area contributed by atoms with Crippen molar-refractivity contribution in [3.05, 3.63) is 56.2 Å². The van der Waals surface area contributed by atoms with E-state index in [2.05, 4.69) is 27.4 Å². The van der Waals surface area contributed by atoms with Crippen molar-refractivity contribution in [2.45, 2.75) is 51.7 Å². The number of rotatable bonds is 10. The summed E-state index contributed by atoms with van der Waals surface area (Å²) in [5.41, 5.74) is 6.38. The predicted molar refractivity (Wildman–Crippen MR) is 123 cm³/mol. The molecule has 0 saturated carbocycles. The van der Waals surface area contributed by atoms with Gasteiger partial charge < -0.3 is 5.73 Å². The molecular weight excluding hydrogens is 430 g/mol. The van der Waals surface area contributed by atoms with E-state index in [1.165, 1.54) is 14.8 Å². The molecule has 0 aliphatic heterocycles. The number of Topliss-reactive ketones (excluding diaryl/α,β-unsaturated/α-hetero) is 1. The number of unbranched alkanes of at least 4 members (excludes halogenated alkanes) is 1. The number of aromatic nitrogens is 6. The highest BCUT2D eigenvalue weighted by molar-refractivity contribution is 7.99. The minimum atomic E-state index is -0.791. The van der Waals surface area contributed by atoms with E-state index in [1.54, 1.807) is 0 Å². The van der Waals surface area contributed by atoms with Gasteiger partial charge in [0.25, 0.3) is 5.56 Å². The van der Waals surface area contributed by atoms with Crippen molar-refractivity contribution >= 4 is 23.4 Å². The Kier molecular flexibility index (Phi) is 7.62. The zero-order valence-electron chi connectivity index (χ0n) is 18.4. The van der Waals surface area contributed by atoms with Crippen LogP contribution < -0.4 is 17.0 Å². The van der Waals surface area contributed by atoms with Crippen molar-refractivity contribution in [2.75, 3.05) is 11.5 Å². The number of nitrogens with zero attached hydrogens (tertiary/aromatic N) is 5. The van der Waals surface area contributed by atoms with E-state index in [-0.39, 0.29) is 23.1 Å². The maximum Gasteiger partial charge on any atom is 0.329 e. The van der Waals surface area contributed by atoms with Gasteiger partial charge in [0, 0.05) is 6.54 Å². The van der Waals surface area contributed by atoms with Crippen LogP contribution in [0.25, 0.3) is 5.69 Å². The quantitative estimate of drug-likeness (QED) is 0.348. The van der Waals surface area contributed by atoms with Crippen LogP contribution in [0.3, 0.4) is 0 Å². The average Bonchev–Trinajstić information content (AvgIpc) is 3.22. The van der Waals surface area contributed by atoms with Gasteiger partial charge in [-0.1, -0.05) is 51.1 Å². The van der Waals surface area contributed by atoms with Gasteiger partial charge in [0.1, 0.15) is 11.4 Å². The van der Waals surface area contributed by atoms with Gasteiger partial charge in [-0.25, -0.2) is 4.79 Å². The van der Waals surface area contributed by atoms with Crippen molar-refractivity contribution in [3.8, 4) is 5.69 Å². The molecule has 0 spiro atoms. The Hall–Kier alpha value is -3.21. The lowest BCUT2D eigenvalue weighted by atomic mass is 10.1. The molecule has 3 aromatic rings. The van der Waals surface area contributed by atoms with Gasteiger partial charge >= 0.3 is 5.69 Å². The SMILES string of the molecule is CCCCc1ccc(-n2nnnc2SCC(=O)c2c(N)n(CC(C)C)c(=O)[nH]c2=O)cc1. The van der Waals surface area contributed by atoms with Crippen molar-refractivity contribution in [1.29, 1.82) is 0 Å². The number of hydrogen-bond acceptors (Lipinski definition) is 8. The molecule has 32 heavy (non-hydrogen) atoms. The number of aromatic amines is 1. The van der Waals surface area contributed by atoms with Gasteiger partial charge in [-0.05, 0) is 46.9 Å². The van der Waals surface area contributed by atoms with Gasteiger partial charge in [0.2, 0.25) is 5.16 Å². The first-order valence-electron chi connectivity index (χ1n) is 10.5. The molecule has 0 saturated heterocycles. The smallest absolute Gasteiger partial charge is 0.329 e. The molecule has 1 aromatic carbocycles. The lowest BCUT2D eigenvalue weighted by Gasteiger charge is -2.13. The molecular formula is C21H27N7O3S. The Balaban J connectivity index is 1.78. The highest BCUT2D eigenvalue weighted by Gasteiger charge is 2.21. The highest BCUT2D eigenvalue weighted by atomic mass is 32.2. The number of nitrogen functional groups attached to an aromatic ring is 1. The topological polar surface area (TPSA) is 142 Å². The summed E-state index contributed by atoms with van der Waals surface area (Å²) in [6.07, 6.45) is 3.27. The van der Waals surface area contributed by atoms with Crippen LogP contribution >= 0.6 is 11.8 Å². The van der Waals surface area contributed by atoms with Gasteiger partial charge in [-0.3, -0.25) is 19.1 Å². The molecule has 2 aromatic heterocycles. The Morgan fingerprint density at radius 3 is 2.59 bits per heavy atom. The maximum atomic E-state index is 12.8. The van der Waals surface area contributed by atoms with E-state index in [1.807, 2.05) is 38.1 Å². The molecule has 0 bridgehead atoms. The summed E-state index contributed by atoms with van der Waals surface area (Å²) in [6.45, 7) is 6.26. The van der Waals surface area contributed by atoms with Crippen LogP contribution in [0.2, 0.25) is 0 Å². The fourth-order valence-electron chi connectivity index (χ4n) is 3.22. The van der Waals surface area contributed by atoms with Gasteiger partial charge in [-0.15, -0.1) is 5.10 Å². The van der Waals surface area contributed by atoms with Crippen molar-refractivity contribution < 1.29 is 4.79 Å². The van der Waals surface area contributed by atoms with Crippen LogP contribution in [-0.4, -0.2) is 41.3 Å². The van der Waals surface area contributed by atoms with E-state index in [0.29, 0.717) is 11.7 Å². The van der Waals surface area contributed by atoms with E-state index in [4.69, 9.17) is 5.73 Å². The first-order chi connectivity index (χ1) is 15.3. The van der Waals surface area contributed by atoms with Crippen LogP contribution in [0.4, 0.5) is 5.82 Å². The zero-order valence-corrected chi connectivity index (χ0v) is 19.2. The molecule has 10 nitrogen and oxygen atoms in total. The summed E-state index contributed by atoms with van der Waals surface area (Å²) in [4.78, 5) is 39.3. The molecule has 0 atom stereocenters. The van der Waals surface area contributed by atoms with E-state index in [0.717, 1.165) is 36.7 Å². The van der Waals surface area contributed by atoms with Gasteiger partial charge in [0.05, 0.1) is 11.4 Å². The lowest BCUT2D eigenvalue weighted by molar-refractivity contribution is 0.102. The maximum absolute atomic E-state index is 12.8. The third-order valence-corrected chi connectivity index (χ3v) is 5.76. The van der Waals surface area contributed by atoms with Crippen LogP contribution in [0.15, 0.2) is 39.0 Å². The summed E-state index contributed by atoms with van der Waals surface area (Å²) < 4.78 is 2.75. The number of ketones is 1. The molecule has 0 amide bonds. The number of nitrogens with two attached hydrogens (primary N) is 1. The average molecular weight is 458 g/mol. The number of thioether (sulfide) groups is 1. The number of hydrogen-bond donors (Lipinski definition) is 2. The largest absolute Gasteiger partial charge is 0.384 e. The number of H-pyrrole nitrogens is 1. The molecule has 0 aliphatic carbocycles. The second-order valence-electron chi connectivity index (χ2n) is 7.88. The molecule has 11 heteroatoms. The Morgan fingerprint density at radius 1 is 1.22 bits per heavy atom. The first-order valence-corrected chi connectivity index (χ1v) is 11.5. The molecule has 170 valence electrons. The summed E-state index contributed by atoms with van der Waals surface area (Å²) >= 11 is 1.09. The minimum absolute atomic E-state index is 0.108.